The minimum absolute atomic E-state index is 0.459. The number of halogens is 1. The molecule has 0 bridgehead atoms. The van der Waals surface area contributed by atoms with Crippen LogP contribution in [0.15, 0.2) is 34.3 Å². The van der Waals surface area contributed by atoms with Crippen LogP contribution in [-0.4, -0.2) is 43.3 Å². The van der Waals surface area contributed by atoms with E-state index in [0.717, 1.165) is 36.6 Å². The van der Waals surface area contributed by atoms with Crippen LogP contribution in [0.3, 0.4) is 0 Å². The fourth-order valence-corrected chi connectivity index (χ4v) is 2.65. The van der Waals surface area contributed by atoms with Crippen LogP contribution >= 0.6 is 11.6 Å². The Balaban J connectivity index is 0.000000924. The molecule has 0 amide bonds. The number of benzene rings is 1. The predicted molar refractivity (Wildman–Crippen MR) is 95.8 cm³/mol. The first kappa shape index (κ1) is 17.3. The van der Waals surface area contributed by atoms with Gasteiger partial charge in [-0.1, -0.05) is 13.8 Å². The minimum Gasteiger partial charge on any atom is -0.493 e. The Kier molecular flexibility index (Phi) is 6.04. The highest BCUT2D eigenvalue weighted by molar-refractivity contribution is 6.66. The van der Waals surface area contributed by atoms with Gasteiger partial charge >= 0.3 is 0 Å². The van der Waals surface area contributed by atoms with E-state index in [4.69, 9.17) is 21.1 Å². The number of hydrogen-bond donors (Lipinski definition) is 0. The van der Waals surface area contributed by atoms with E-state index in [0.29, 0.717) is 16.8 Å². The Morgan fingerprint density at radius 2 is 1.87 bits per heavy atom. The van der Waals surface area contributed by atoms with E-state index >= 15 is 0 Å². The number of aliphatic imine (C=N–C) groups is 2. The quantitative estimate of drug-likeness (QED) is 0.790. The van der Waals surface area contributed by atoms with E-state index in [9.17, 15) is 0 Å². The second-order valence-corrected chi connectivity index (χ2v) is 5.06. The molecule has 0 aliphatic carbocycles. The van der Waals surface area contributed by atoms with E-state index in [1.165, 1.54) is 0 Å². The van der Waals surface area contributed by atoms with Gasteiger partial charge in [-0.15, -0.1) is 0 Å². The second-order valence-electron chi connectivity index (χ2n) is 4.73. The fourth-order valence-electron chi connectivity index (χ4n) is 2.39. The Morgan fingerprint density at radius 3 is 2.57 bits per heavy atom. The van der Waals surface area contributed by atoms with Crippen LogP contribution in [0.25, 0.3) is 5.70 Å². The lowest BCUT2D eigenvalue weighted by molar-refractivity contribution is 0.355. The van der Waals surface area contributed by atoms with Crippen molar-refractivity contribution in [2.45, 2.75) is 20.3 Å². The van der Waals surface area contributed by atoms with Crippen LogP contribution in [0.2, 0.25) is 0 Å². The molecule has 124 valence electrons. The Labute approximate surface area is 142 Å². The molecule has 0 aromatic heterocycles. The zero-order valence-electron chi connectivity index (χ0n) is 14.0. The summed E-state index contributed by atoms with van der Waals surface area (Å²) in [5.41, 5.74) is 1.69. The first-order valence-electron chi connectivity index (χ1n) is 7.73. The molecule has 3 rings (SSSR count). The molecule has 0 atom stereocenters. The summed E-state index contributed by atoms with van der Waals surface area (Å²) in [6.45, 7) is 5.68. The van der Waals surface area contributed by atoms with Crippen molar-refractivity contribution in [1.29, 1.82) is 0 Å². The van der Waals surface area contributed by atoms with Gasteiger partial charge in [0.15, 0.2) is 11.5 Å². The van der Waals surface area contributed by atoms with Crippen LogP contribution in [0, 0.1) is 0 Å². The molecule has 0 unspecified atom stereocenters. The maximum absolute atomic E-state index is 6.27. The molecule has 0 saturated carbocycles. The van der Waals surface area contributed by atoms with Gasteiger partial charge in [0.05, 0.1) is 19.9 Å². The highest BCUT2D eigenvalue weighted by Gasteiger charge is 2.23. The Morgan fingerprint density at radius 1 is 1.13 bits per heavy atom. The number of fused-ring (bicyclic) bond motifs is 1. The standard InChI is InChI=1S/C15H16ClN3O2.C2H6/c1-20-12-5-4-10(8-13(12)21-2)11-9-14-17-6-3-7-19(14)15(16)18-11;1-2/h4-5,8-9H,3,6-7H2,1-2H3;1-2H3. The molecule has 0 saturated heterocycles. The van der Waals surface area contributed by atoms with Gasteiger partial charge in [-0.2, -0.15) is 0 Å². The van der Waals surface area contributed by atoms with Crippen LogP contribution in [0.1, 0.15) is 25.8 Å². The van der Waals surface area contributed by atoms with Crippen LogP contribution < -0.4 is 9.47 Å². The molecule has 0 fully saturated rings. The van der Waals surface area contributed by atoms with Crippen molar-refractivity contribution in [1.82, 2.24) is 4.90 Å². The summed E-state index contributed by atoms with van der Waals surface area (Å²) < 4.78 is 10.6. The lowest BCUT2D eigenvalue weighted by Gasteiger charge is -2.29. The molecule has 2 aliphatic rings. The molecule has 0 N–H and O–H groups in total. The van der Waals surface area contributed by atoms with Gasteiger partial charge in [-0.3, -0.25) is 4.99 Å². The first-order chi connectivity index (χ1) is 11.2. The van der Waals surface area contributed by atoms with Gasteiger partial charge in [0.2, 0.25) is 5.29 Å². The zero-order chi connectivity index (χ0) is 16.8. The van der Waals surface area contributed by atoms with Gasteiger partial charge in [0, 0.05) is 24.7 Å². The highest BCUT2D eigenvalue weighted by atomic mass is 35.5. The maximum atomic E-state index is 6.27. The van der Waals surface area contributed by atoms with E-state index in [-0.39, 0.29) is 0 Å². The summed E-state index contributed by atoms with van der Waals surface area (Å²) in [5.74, 6) is 2.21. The molecule has 5 nitrogen and oxygen atoms in total. The smallest absolute Gasteiger partial charge is 0.204 e. The van der Waals surface area contributed by atoms with Crippen molar-refractivity contribution >= 4 is 28.4 Å². The van der Waals surface area contributed by atoms with Crippen molar-refractivity contribution in [2.24, 2.45) is 9.98 Å². The molecule has 0 spiro atoms. The number of methoxy groups -OCH3 is 2. The highest BCUT2D eigenvalue weighted by Crippen LogP contribution is 2.32. The number of hydrogen-bond acceptors (Lipinski definition) is 5. The summed E-state index contributed by atoms with van der Waals surface area (Å²) in [4.78, 5) is 10.9. The number of amidine groups is 2. The van der Waals surface area contributed by atoms with Gasteiger partial charge in [-0.25, -0.2) is 4.99 Å². The van der Waals surface area contributed by atoms with E-state index in [2.05, 4.69) is 9.98 Å². The van der Waals surface area contributed by atoms with Gasteiger partial charge in [-0.05, 0) is 36.2 Å². The third-order valence-electron chi connectivity index (χ3n) is 3.47. The van der Waals surface area contributed by atoms with Crippen molar-refractivity contribution in [3.8, 4) is 11.5 Å². The van der Waals surface area contributed by atoms with Crippen LogP contribution in [0.5, 0.6) is 11.5 Å². The SMILES string of the molecule is CC.COc1ccc(C2=CC3=NCCCN3C(Cl)=N2)cc1OC. The van der Waals surface area contributed by atoms with Crippen molar-refractivity contribution in [3.63, 3.8) is 0 Å². The van der Waals surface area contributed by atoms with Crippen LogP contribution in [0.4, 0.5) is 0 Å². The number of rotatable bonds is 3. The Hall–Kier alpha value is -2.01. The van der Waals surface area contributed by atoms with Crippen LogP contribution in [-0.2, 0) is 0 Å². The molecule has 0 radical (unpaired) electrons. The molecule has 6 heteroatoms. The fraction of sp³-hybridized carbons (Fsp3) is 0.412. The summed E-state index contributed by atoms with van der Waals surface area (Å²) in [7, 11) is 3.22. The topological polar surface area (TPSA) is 46.4 Å². The van der Waals surface area contributed by atoms with E-state index in [1.54, 1.807) is 14.2 Å². The third-order valence-corrected chi connectivity index (χ3v) is 3.76. The molecule has 1 aromatic rings. The van der Waals surface area contributed by atoms with Gasteiger partial charge in [0.25, 0.3) is 0 Å². The average Bonchev–Trinajstić information content (AvgIpc) is 2.62. The molecule has 2 heterocycles. The number of nitrogens with zero attached hydrogens (tertiary/aromatic N) is 3. The molecular weight excluding hydrogens is 314 g/mol. The second kappa shape index (κ2) is 8.02. The van der Waals surface area contributed by atoms with Crippen molar-refractivity contribution < 1.29 is 9.47 Å². The van der Waals surface area contributed by atoms with Gasteiger partial charge < -0.3 is 14.4 Å². The summed E-state index contributed by atoms with van der Waals surface area (Å²) in [6.07, 6.45) is 2.95. The molecular formula is C17H22ClN3O2. The monoisotopic (exact) mass is 335 g/mol. The first-order valence-corrected chi connectivity index (χ1v) is 8.11. The normalized spacial score (nSPS) is 16.2. The average molecular weight is 336 g/mol. The summed E-state index contributed by atoms with van der Waals surface area (Å²) in [6, 6.07) is 5.67. The maximum Gasteiger partial charge on any atom is 0.204 e. The summed E-state index contributed by atoms with van der Waals surface area (Å²) in [5, 5.41) is 0.459. The summed E-state index contributed by atoms with van der Waals surface area (Å²) >= 11 is 6.27. The molecule has 2 aliphatic heterocycles. The predicted octanol–water partition coefficient (Wildman–Crippen LogP) is 3.78. The van der Waals surface area contributed by atoms with Gasteiger partial charge in [0.1, 0.15) is 5.84 Å². The molecule has 1 aromatic carbocycles. The van der Waals surface area contributed by atoms with Crippen molar-refractivity contribution in [2.75, 3.05) is 27.3 Å². The number of ether oxygens (including phenoxy) is 2. The van der Waals surface area contributed by atoms with E-state index < -0.39 is 0 Å². The Bertz CT molecular complexity index is 653. The largest absolute Gasteiger partial charge is 0.493 e. The van der Waals surface area contributed by atoms with E-state index in [1.807, 2.05) is 43.0 Å². The lowest BCUT2D eigenvalue weighted by atomic mass is 10.1. The third kappa shape index (κ3) is 3.67. The zero-order valence-corrected chi connectivity index (χ0v) is 14.7. The molecule has 23 heavy (non-hydrogen) atoms. The lowest BCUT2D eigenvalue weighted by Crippen LogP contribution is -2.39. The van der Waals surface area contributed by atoms with Crippen molar-refractivity contribution in [3.05, 3.63) is 29.8 Å². The minimum atomic E-state index is 0.459.